The van der Waals surface area contributed by atoms with Crippen molar-refractivity contribution < 1.29 is 0 Å². The predicted molar refractivity (Wildman–Crippen MR) is 103 cm³/mol. The Morgan fingerprint density at radius 3 is 2.77 bits per heavy atom. The molecule has 26 heavy (non-hydrogen) atoms. The molecule has 128 valence electrons. The average molecular weight is 340 g/mol. The minimum Gasteiger partial charge on any atom is -0.324 e. The molecule has 0 aliphatic carbocycles. The second-order valence-corrected chi connectivity index (χ2v) is 7.04. The van der Waals surface area contributed by atoms with Gasteiger partial charge in [0.15, 0.2) is 5.82 Å². The number of aromatic nitrogens is 3. The van der Waals surface area contributed by atoms with E-state index in [0.717, 1.165) is 24.5 Å². The number of hydrogen-bond donors (Lipinski definition) is 0. The molecule has 0 radical (unpaired) electrons. The van der Waals surface area contributed by atoms with Crippen LogP contribution in [0.4, 0.5) is 0 Å². The highest BCUT2D eigenvalue weighted by Crippen LogP contribution is 2.35. The van der Waals surface area contributed by atoms with E-state index in [-0.39, 0.29) is 0 Å². The third-order valence-corrected chi connectivity index (χ3v) is 5.23. The first-order valence-electron chi connectivity index (χ1n) is 8.93. The van der Waals surface area contributed by atoms with Crippen LogP contribution in [0.15, 0.2) is 73.3 Å². The van der Waals surface area contributed by atoms with Crippen LogP contribution in [0.2, 0.25) is 0 Å². The molecule has 0 amide bonds. The fourth-order valence-electron chi connectivity index (χ4n) is 3.98. The Morgan fingerprint density at radius 2 is 1.88 bits per heavy atom. The summed E-state index contributed by atoms with van der Waals surface area (Å²) < 4.78 is 2.20. The number of hydrogen-bond acceptors (Lipinski definition) is 3. The Bertz CT molecular complexity index is 1070. The van der Waals surface area contributed by atoms with Gasteiger partial charge in [-0.3, -0.25) is 0 Å². The predicted octanol–water partition coefficient (Wildman–Crippen LogP) is 3.97. The molecule has 4 heteroatoms. The van der Waals surface area contributed by atoms with Crippen molar-refractivity contribution >= 4 is 5.52 Å². The van der Waals surface area contributed by atoms with E-state index < -0.39 is 0 Å². The van der Waals surface area contributed by atoms with Crippen molar-refractivity contribution in [2.24, 2.45) is 0 Å². The summed E-state index contributed by atoms with van der Waals surface area (Å²) in [5.74, 6) is 1.16. The zero-order valence-electron chi connectivity index (χ0n) is 14.7. The fourth-order valence-corrected chi connectivity index (χ4v) is 3.98. The van der Waals surface area contributed by atoms with Crippen LogP contribution in [0.1, 0.15) is 22.6 Å². The van der Waals surface area contributed by atoms with Crippen molar-refractivity contribution in [3.05, 3.63) is 90.0 Å². The molecule has 0 fully saturated rings. The minimum atomic E-state index is 0.376. The summed E-state index contributed by atoms with van der Waals surface area (Å²) in [7, 11) is 2.19. The van der Waals surface area contributed by atoms with Gasteiger partial charge >= 0.3 is 0 Å². The van der Waals surface area contributed by atoms with Crippen LogP contribution in [-0.2, 0) is 6.54 Å². The van der Waals surface area contributed by atoms with Crippen molar-refractivity contribution in [1.29, 1.82) is 0 Å². The Morgan fingerprint density at radius 1 is 1.00 bits per heavy atom. The zero-order valence-corrected chi connectivity index (χ0v) is 14.7. The maximum absolute atomic E-state index is 4.39. The van der Waals surface area contributed by atoms with Crippen LogP contribution >= 0.6 is 0 Å². The third-order valence-electron chi connectivity index (χ3n) is 5.23. The SMILES string of the molecule is CN1Cc2cc(-c3ncccn3)ccc2C(c2ccc3cccn3c2)C1. The molecule has 4 nitrogen and oxygen atoms in total. The smallest absolute Gasteiger partial charge is 0.159 e. The van der Waals surface area contributed by atoms with Gasteiger partial charge in [0.2, 0.25) is 0 Å². The van der Waals surface area contributed by atoms with E-state index >= 15 is 0 Å². The number of likely N-dealkylation sites (N-methyl/N-ethyl adjacent to an activating group) is 1. The van der Waals surface area contributed by atoms with Crippen LogP contribution in [0.5, 0.6) is 0 Å². The molecule has 1 aliphatic heterocycles. The highest BCUT2D eigenvalue weighted by Gasteiger charge is 2.25. The summed E-state index contributed by atoms with van der Waals surface area (Å²) in [5, 5.41) is 0. The van der Waals surface area contributed by atoms with Crippen LogP contribution in [0, 0.1) is 0 Å². The highest BCUT2D eigenvalue weighted by molar-refractivity contribution is 5.59. The van der Waals surface area contributed by atoms with Gasteiger partial charge in [-0.1, -0.05) is 18.2 Å². The van der Waals surface area contributed by atoms with Crippen molar-refractivity contribution in [3.63, 3.8) is 0 Å². The number of nitrogens with zero attached hydrogens (tertiary/aromatic N) is 4. The lowest BCUT2D eigenvalue weighted by molar-refractivity contribution is 0.295. The molecule has 0 spiro atoms. The van der Waals surface area contributed by atoms with Crippen molar-refractivity contribution in [2.45, 2.75) is 12.5 Å². The summed E-state index contributed by atoms with van der Waals surface area (Å²) in [6, 6.07) is 17.2. The van der Waals surface area contributed by atoms with Gasteiger partial charge in [0.25, 0.3) is 0 Å². The summed E-state index contributed by atoms with van der Waals surface area (Å²) in [6.45, 7) is 1.99. The van der Waals surface area contributed by atoms with E-state index in [1.807, 2.05) is 6.07 Å². The van der Waals surface area contributed by atoms with E-state index in [1.165, 1.54) is 22.2 Å². The average Bonchev–Trinajstić information content (AvgIpc) is 3.15. The molecule has 0 N–H and O–H groups in total. The van der Waals surface area contributed by atoms with Crippen LogP contribution in [0.25, 0.3) is 16.9 Å². The number of pyridine rings is 1. The van der Waals surface area contributed by atoms with E-state index in [9.17, 15) is 0 Å². The van der Waals surface area contributed by atoms with E-state index in [1.54, 1.807) is 12.4 Å². The first-order chi connectivity index (χ1) is 12.8. The second kappa shape index (κ2) is 6.07. The minimum absolute atomic E-state index is 0.376. The lowest BCUT2D eigenvalue weighted by Gasteiger charge is -2.33. The molecule has 0 bridgehead atoms. The van der Waals surface area contributed by atoms with Gasteiger partial charge in [-0.05, 0) is 54.1 Å². The molecule has 0 saturated carbocycles. The Kier molecular flexibility index (Phi) is 3.57. The molecular formula is C22H20N4. The summed E-state index contributed by atoms with van der Waals surface area (Å²) in [4.78, 5) is 11.2. The van der Waals surface area contributed by atoms with Crippen LogP contribution < -0.4 is 0 Å². The zero-order chi connectivity index (χ0) is 17.5. The van der Waals surface area contributed by atoms with Gasteiger partial charge in [-0.25, -0.2) is 9.97 Å². The third kappa shape index (κ3) is 2.59. The Hall–Kier alpha value is -2.98. The topological polar surface area (TPSA) is 33.4 Å². The van der Waals surface area contributed by atoms with E-state index in [4.69, 9.17) is 0 Å². The largest absolute Gasteiger partial charge is 0.324 e. The second-order valence-electron chi connectivity index (χ2n) is 7.04. The van der Waals surface area contributed by atoms with E-state index in [0.29, 0.717) is 5.92 Å². The van der Waals surface area contributed by atoms with Gasteiger partial charge in [0.05, 0.1) is 0 Å². The molecule has 1 unspecified atom stereocenters. The lowest BCUT2D eigenvalue weighted by Crippen LogP contribution is -2.31. The van der Waals surface area contributed by atoms with Gasteiger partial charge in [-0.15, -0.1) is 0 Å². The molecule has 4 aromatic rings. The standard InChI is InChI=1S/C22H20N4/c1-25-13-18-12-16(22-23-9-3-10-24-22)6-8-20(18)21(15-25)17-5-7-19-4-2-11-26(19)14-17/h2-12,14,21H,13,15H2,1H3. The normalized spacial score (nSPS) is 17.3. The van der Waals surface area contributed by atoms with Gasteiger partial charge in [0.1, 0.15) is 0 Å². The summed E-state index contributed by atoms with van der Waals surface area (Å²) in [5.41, 5.74) is 6.44. The number of fused-ring (bicyclic) bond motifs is 2. The molecule has 0 saturated heterocycles. The molecule has 1 atom stereocenters. The molecule has 3 aromatic heterocycles. The molecule has 5 rings (SSSR count). The van der Waals surface area contributed by atoms with Crippen molar-refractivity contribution in [3.8, 4) is 11.4 Å². The quantitative estimate of drug-likeness (QED) is 0.553. The maximum Gasteiger partial charge on any atom is 0.159 e. The van der Waals surface area contributed by atoms with Crippen molar-refractivity contribution in [1.82, 2.24) is 19.3 Å². The van der Waals surface area contributed by atoms with E-state index in [2.05, 4.69) is 81.2 Å². The molecular weight excluding hydrogens is 320 g/mol. The highest BCUT2D eigenvalue weighted by atomic mass is 15.1. The van der Waals surface area contributed by atoms with Crippen molar-refractivity contribution in [2.75, 3.05) is 13.6 Å². The number of rotatable bonds is 2. The molecule has 1 aromatic carbocycles. The molecule has 1 aliphatic rings. The first kappa shape index (κ1) is 15.3. The maximum atomic E-state index is 4.39. The van der Waals surface area contributed by atoms with Gasteiger partial charge in [-0.2, -0.15) is 0 Å². The Labute approximate surface area is 152 Å². The summed E-state index contributed by atoms with van der Waals surface area (Å²) >= 11 is 0. The van der Waals surface area contributed by atoms with Crippen LogP contribution in [-0.4, -0.2) is 32.9 Å². The van der Waals surface area contributed by atoms with Gasteiger partial charge < -0.3 is 9.30 Å². The lowest BCUT2D eigenvalue weighted by atomic mass is 9.84. The van der Waals surface area contributed by atoms with Gasteiger partial charge in [0, 0.05) is 54.9 Å². The van der Waals surface area contributed by atoms with Crippen LogP contribution in [0.3, 0.4) is 0 Å². The first-order valence-corrected chi connectivity index (χ1v) is 8.93. The number of benzene rings is 1. The molecule has 4 heterocycles. The summed E-state index contributed by atoms with van der Waals surface area (Å²) in [6.07, 6.45) is 7.96. The Balaban J connectivity index is 1.59. The fraction of sp³-hybridized carbons (Fsp3) is 0.182. The monoisotopic (exact) mass is 340 g/mol.